The van der Waals surface area contributed by atoms with Crippen LogP contribution in [0.1, 0.15) is 27.0 Å². The third kappa shape index (κ3) is 3.07. The number of esters is 1. The number of cyclic esters (lactones) is 1. The molecule has 0 atom stereocenters. The van der Waals surface area contributed by atoms with Gasteiger partial charge in [0, 0.05) is 16.7 Å². The molecule has 0 unspecified atom stereocenters. The fourth-order valence-electron chi connectivity index (χ4n) is 3.20. The van der Waals surface area contributed by atoms with Crippen LogP contribution in [0, 0.1) is 0 Å². The number of benzene rings is 3. The molecule has 1 aliphatic heterocycles. The van der Waals surface area contributed by atoms with Gasteiger partial charge in [-0.05, 0) is 30.3 Å². The molecule has 0 fully saturated rings. The van der Waals surface area contributed by atoms with E-state index in [1.807, 2.05) is 12.1 Å². The number of hydrogen-bond acceptors (Lipinski definition) is 4. The van der Waals surface area contributed by atoms with Crippen molar-refractivity contribution in [2.75, 3.05) is 0 Å². The van der Waals surface area contributed by atoms with Gasteiger partial charge in [0.25, 0.3) is 0 Å². The second-order valence-electron chi connectivity index (χ2n) is 5.71. The SMILES string of the molecule is O=C1OC(c2ccc(O)cc2)(c2ccc(O)cc2)c2ccccc21.[LiH].[LiH]. The Kier molecular flexibility index (Phi) is 5.96. The Morgan fingerprint density at radius 3 is 1.65 bits per heavy atom. The normalized spacial score (nSPS) is 13.8. The van der Waals surface area contributed by atoms with Crippen LogP contribution in [0.2, 0.25) is 0 Å². The Labute approximate surface area is 175 Å². The number of fused-ring (bicyclic) bond motifs is 1. The fraction of sp³-hybridized carbons (Fsp3) is 0.0500. The van der Waals surface area contributed by atoms with Gasteiger partial charge in [-0.15, -0.1) is 0 Å². The van der Waals surface area contributed by atoms with Crippen molar-refractivity contribution in [3.05, 3.63) is 95.1 Å². The minimum atomic E-state index is -1.10. The van der Waals surface area contributed by atoms with E-state index in [9.17, 15) is 15.0 Å². The first kappa shape index (κ1) is 20.2. The first-order valence-electron chi connectivity index (χ1n) is 7.53. The van der Waals surface area contributed by atoms with Crippen molar-refractivity contribution in [1.29, 1.82) is 0 Å². The van der Waals surface area contributed by atoms with Crippen molar-refractivity contribution in [1.82, 2.24) is 0 Å². The van der Waals surface area contributed by atoms with E-state index in [2.05, 4.69) is 0 Å². The molecular formula is C20H16Li2O4. The van der Waals surface area contributed by atoms with Crippen LogP contribution in [0.15, 0.2) is 72.8 Å². The molecule has 0 bridgehead atoms. The Morgan fingerprint density at radius 1 is 0.692 bits per heavy atom. The molecule has 0 spiro atoms. The van der Waals surface area contributed by atoms with Gasteiger partial charge in [0.05, 0.1) is 5.56 Å². The van der Waals surface area contributed by atoms with Crippen molar-refractivity contribution in [2.24, 2.45) is 0 Å². The molecule has 122 valence electrons. The average molecular weight is 334 g/mol. The van der Waals surface area contributed by atoms with Crippen LogP contribution < -0.4 is 0 Å². The number of aromatic hydroxyl groups is 2. The molecule has 26 heavy (non-hydrogen) atoms. The summed E-state index contributed by atoms with van der Waals surface area (Å²) in [5, 5.41) is 19.2. The number of phenolic OH excluding ortho intramolecular Hbond substituents is 2. The summed E-state index contributed by atoms with van der Waals surface area (Å²) < 4.78 is 5.87. The van der Waals surface area contributed by atoms with Gasteiger partial charge in [0.1, 0.15) is 11.5 Å². The molecule has 0 aromatic heterocycles. The standard InChI is InChI=1S/C20H14O4.2Li.2H/c21-15-9-5-13(6-10-15)20(14-7-11-16(22)12-8-14)18-4-2-1-3-17(18)19(23)24-20;;;;/h1-12,21-22H;;;;. The van der Waals surface area contributed by atoms with Crippen LogP contribution in [0.5, 0.6) is 11.5 Å². The van der Waals surface area contributed by atoms with Gasteiger partial charge in [-0.3, -0.25) is 0 Å². The minimum absolute atomic E-state index is 0. The number of ether oxygens (including phenoxy) is 1. The summed E-state index contributed by atoms with van der Waals surface area (Å²) in [4.78, 5) is 12.4. The van der Waals surface area contributed by atoms with Crippen LogP contribution in [0.4, 0.5) is 0 Å². The van der Waals surface area contributed by atoms with Crippen LogP contribution in [-0.4, -0.2) is 53.9 Å². The third-order valence-corrected chi connectivity index (χ3v) is 4.32. The van der Waals surface area contributed by atoms with E-state index in [-0.39, 0.29) is 49.2 Å². The molecule has 3 aromatic rings. The van der Waals surface area contributed by atoms with E-state index in [1.54, 1.807) is 60.7 Å². The Bertz CT molecular complexity index is 876. The Balaban J connectivity index is 0.00000121. The average Bonchev–Trinajstić information content (AvgIpc) is 2.91. The first-order valence-corrected chi connectivity index (χ1v) is 7.53. The van der Waals surface area contributed by atoms with E-state index in [4.69, 9.17) is 4.74 Å². The van der Waals surface area contributed by atoms with Crippen molar-refractivity contribution >= 4 is 43.7 Å². The predicted octanol–water partition coefficient (Wildman–Crippen LogP) is 2.26. The summed E-state index contributed by atoms with van der Waals surface area (Å²) in [6.07, 6.45) is 0. The maximum atomic E-state index is 12.4. The second kappa shape index (κ2) is 7.66. The summed E-state index contributed by atoms with van der Waals surface area (Å²) in [6, 6.07) is 20.4. The van der Waals surface area contributed by atoms with Crippen LogP contribution >= 0.6 is 0 Å². The van der Waals surface area contributed by atoms with Crippen LogP contribution in [0.25, 0.3) is 0 Å². The molecule has 1 heterocycles. The summed E-state index contributed by atoms with van der Waals surface area (Å²) in [6.45, 7) is 0. The summed E-state index contributed by atoms with van der Waals surface area (Å²) in [7, 11) is 0. The van der Waals surface area contributed by atoms with E-state index in [0.29, 0.717) is 5.56 Å². The molecular weight excluding hydrogens is 318 g/mol. The molecule has 4 rings (SSSR count). The van der Waals surface area contributed by atoms with Crippen molar-refractivity contribution < 1.29 is 19.7 Å². The van der Waals surface area contributed by atoms with E-state index >= 15 is 0 Å². The zero-order valence-electron chi connectivity index (χ0n) is 12.6. The number of carbonyl (C=O) groups is 1. The summed E-state index contributed by atoms with van der Waals surface area (Å²) >= 11 is 0. The second-order valence-corrected chi connectivity index (χ2v) is 5.71. The molecule has 6 heteroatoms. The number of hydrogen-bond donors (Lipinski definition) is 2. The summed E-state index contributed by atoms with van der Waals surface area (Å²) in [5.41, 5.74) is 1.60. The molecule has 0 saturated heterocycles. The van der Waals surface area contributed by atoms with Gasteiger partial charge in [-0.2, -0.15) is 0 Å². The molecule has 0 saturated carbocycles. The van der Waals surface area contributed by atoms with Crippen molar-refractivity contribution in [3.63, 3.8) is 0 Å². The van der Waals surface area contributed by atoms with Gasteiger partial charge in [-0.25, -0.2) is 4.79 Å². The maximum absolute atomic E-state index is 12.4. The topological polar surface area (TPSA) is 66.8 Å². The Hall–Kier alpha value is -2.08. The molecule has 1 aliphatic rings. The number of phenols is 2. The quantitative estimate of drug-likeness (QED) is 0.557. The van der Waals surface area contributed by atoms with Crippen LogP contribution in [-0.2, 0) is 10.3 Å². The van der Waals surface area contributed by atoms with Crippen molar-refractivity contribution in [3.8, 4) is 11.5 Å². The molecule has 0 aliphatic carbocycles. The molecule has 4 nitrogen and oxygen atoms in total. The van der Waals surface area contributed by atoms with E-state index < -0.39 is 11.6 Å². The zero-order chi connectivity index (χ0) is 16.7. The third-order valence-electron chi connectivity index (χ3n) is 4.32. The zero-order valence-corrected chi connectivity index (χ0v) is 12.6. The first-order chi connectivity index (χ1) is 11.6. The van der Waals surface area contributed by atoms with E-state index in [1.165, 1.54) is 0 Å². The van der Waals surface area contributed by atoms with Gasteiger partial charge in [-0.1, -0.05) is 42.5 Å². The summed E-state index contributed by atoms with van der Waals surface area (Å²) in [5.74, 6) is -0.124. The van der Waals surface area contributed by atoms with Gasteiger partial charge in [0.15, 0.2) is 5.60 Å². The van der Waals surface area contributed by atoms with Gasteiger partial charge < -0.3 is 14.9 Å². The van der Waals surface area contributed by atoms with E-state index in [0.717, 1.165) is 16.7 Å². The van der Waals surface area contributed by atoms with Gasteiger partial charge >= 0.3 is 43.7 Å². The number of rotatable bonds is 2. The molecule has 3 aromatic carbocycles. The monoisotopic (exact) mass is 334 g/mol. The number of carbonyl (C=O) groups excluding carboxylic acids is 1. The molecule has 0 radical (unpaired) electrons. The van der Waals surface area contributed by atoms with Crippen LogP contribution in [0.3, 0.4) is 0 Å². The fourth-order valence-corrected chi connectivity index (χ4v) is 3.20. The van der Waals surface area contributed by atoms with Crippen molar-refractivity contribution in [2.45, 2.75) is 5.60 Å². The molecule has 0 amide bonds. The molecule has 2 N–H and O–H groups in total. The predicted molar refractivity (Wildman–Crippen MR) is 102 cm³/mol. The van der Waals surface area contributed by atoms with Gasteiger partial charge in [0.2, 0.25) is 0 Å². The Morgan fingerprint density at radius 2 is 1.15 bits per heavy atom.